The molecule has 1 aromatic carbocycles. The molecule has 1 unspecified atom stereocenters. The van der Waals surface area contributed by atoms with Crippen LogP contribution in [-0.4, -0.2) is 13.1 Å². The third-order valence-electron chi connectivity index (χ3n) is 4.73. The van der Waals surface area contributed by atoms with Crippen molar-refractivity contribution in [3.05, 3.63) is 28.8 Å². The molecular formula is C17H27ClN2. The molecule has 1 aliphatic carbocycles. The Morgan fingerprint density at radius 3 is 2.40 bits per heavy atom. The number of hydrogen-bond acceptors (Lipinski definition) is 2. The van der Waals surface area contributed by atoms with Crippen LogP contribution in [0.15, 0.2) is 18.2 Å². The van der Waals surface area contributed by atoms with Crippen molar-refractivity contribution in [3.8, 4) is 0 Å². The van der Waals surface area contributed by atoms with E-state index in [1.807, 2.05) is 13.0 Å². The zero-order valence-corrected chi connectivity index (χ0v) is 13.9. The van der Waals surface area contributed by atoms with E-state index in [9.17, 15) is 0 Å². The van der Waals surface area contributed by atoms with Gasteiger partial charge in [-0.15, -0.1) is 0 Å². The molecule has 0 amide bonds. The van der Waals surface area contributed by atoms with Crippen LogP contribution < -0.4 is 10.6 Å². The van der Waals surface area contributed by atoms with Gasteiger partial charge in [0.15, 0.2) is 0 Å². The fraction of sp³-hybridized carbons (Fsp3) is 0.647. The first-order valence-corrected chi connectivity index (χ1v) is 7.96. The molecule has 0 heterocycles. The summed E-state index contributed by atoms with van der Waals surface area (Å²) in [6, 6.07) is 6.84. The molecule has 112 valence electrons. The van der Waals surface area contributed by atoms with E-state index in [1.165, 1.54) is 25.7 Å². The first-order valence-electron chi connectivity index (χ1n) is 7.58. The Bertz CT molecular complexity index is 458. The summed E-state index contributed by atoms with van der Waals surface area (Å²) in [6.45, 7) is 6.72. The SMILES string of the molecule is CC(N)c1ccc(N(C)C2CCC(C)(C)CC2)c(Cl)c1. The maximum atomic E-state index is 6.45. The summed E-state index contributed by atoms with van der Waals surface area (Å²) in [4.78, 5) is 2.35. The molecule has 1 saturated carbocycles. The number of halogens is 1. The van der Waals surface area contributed by atoms with Gasteiger partial charge in [-0.2, -0.15) is 0 Å². The minimum absolute atomic E-state index is 0.0299. The highest BCUT2D eigenvalue weighted by Crippen LogP contribution is 2.39. The zero-order valence-electron chi connectivity index (χ0n) is 13.1. The van der Waals surface area contributed by atoms with Crippen molar-refractivity contribution in [1.29, 1.82) is 0 Å². The minimum atomic E-state index is 0.0299. The number of nitrogens with two attached hydrogens (primary N) is 1. The van der Waals surface area contributed by atoms with Crippen LogP contribution in [0.25, 0.3) is 0 Å². The van der Waals surface area contributed by atoms with E-state index in [-0.39, 0.29) is 6.04 Å². The van der Waals surface area contributed by atoms with E-state index in [2.05, 4.69) is 37.9 Å². The van der Waals surface area contributed by atoms with Crippen LogP contribution in [0, 0.1) is 5.41 Å². The first-order chi connectivity index (χ1) is 9.30. The third-order valence-corrected chi connectivity index (χ3v) is 5.04. The molecule has 2 nitrogen and oxygen atoms in total. The maximum Gasteiger partial charge on any atom is 0.0642 e. The van der Waals surface area contributed by atoms with E-state index < -0.39 is 0 Å². The second kappa shape index (κ2) is 5.95. The second-order valence-corrected chi connectivity index (χ2v) is 7.41. The molecule has 0 bridgehead atoms. The van der Waals surface area contributed by atoms with E-state index in [4.69, 9.17) is 17.3 Å². The highest BCUT2D eigenvalue weighted by atomic mass is 35.5. The number of nitrogens with zero attached hydrogens (tertiary/aromatic N) is 1. The second-order valence-electron chi connectivity index (χ2n) is 7.01. The molecule has 2 N–H and O–H groups in total. The van der Waals surface area contributed by atoms with E-state index >= 15 is 0 Å². The van der Waals surface area contributed by atoms with Gasteiger partial charge in [0.2, 0.25) is 0 Å². The largest absolute Gasteiger partial charge is 0.370 e. The van der Waals surface area contributed by atoms with Crippen molar-refractivity contribution >= 4 is 17.3 Å². The molecule has 1 fully saturated rings. The summed E-state index contributed by atoms with van der Waals surface area (Å²) in [5, 5.41) is 0.812. The molecule has 1 aliphatic rings. The van der Waals surface area contributed by atoms with Gasteiger partial charge in [0.1, 0.15) is 0 Å². The summed E-state index contributed by atoms with van der Waals surface area (Å²) >= 11 is 6.45. The Kier molecular flexibility index (Phi) is 4.66. The predicted octanol–water partition coefficient (Wildman–Crippen LogP) is 4.76. The highest BCUT2D eigenvalue weighted by Gasteiger charge is 2.29. The zero-order chi connectivity index (χ0) is 14.9. The van der Waals surface area contributed by atoms with Gasteiger partial charge in [0.25, 0.3) is 0 Å². The van der Waals surface area contributed by atoms with Crippen LogP contribution >= 0.6 is 11.6 Å². The van der Waals surface area contributed by atoms with Crippen molar-refractivity contribution in [3.63, 3.8) is 0 Å². The van der Waals surface area contributed by atoms with Crippen LogP contribution in [0.3, 0.4) is 0 Å². The number of rotatable bonds is 3. The fourth-order valence-corrected chi connectivity index (χ4v) is 3.38. The van der Waals surface area contributed by atoms with Crippen molar-refractivity contribution in [2.45, 2.75) is 58.5 Å². The molecule has 20 heavy (non-hydrogen) atoms. The van der Waals surface area contributed by atoms with Crippen molar-refractivity contribution in [2.75, 3.05) is 11.9 Å². The lowest BCUT2D eigenvalue weighted by Gasteiger charge is -2.40. The third kappa shape index (κ3) is 3.48. The molecule has 1 atom stereocenters. The quantitative estimate of drug-likeness (QED) is 0.870. The molecule has 0 aliphatic heterocycles. The van der Waals surface area contributed by atoms with Crippen molar-refractivity contribution in [1.82, 2.24) is 0 Å². The average molecular weight is 295 g/mol. The average Bonchev–Trinajstić information content (AvgIpc) is 2.37. The molecule has 2 rings (SSSR count). The predicted molar refractivity (Wildman–Crippen MR) is 88.5 cm³/mol. The summed E-state index contributed by atoms with van der Waals surface area (Å²) in [5.41, 5.74) is 8.63. The molecule has 3 heteroatoms. The molecule has 0 aromatic heterocycles. The normalized spacial score (nSPS) is 20.7. The van der Waals surface area contributed by atoms with Gasteiger partial charge in [0, 0.05) is 19.1 Å². The topological polar surface area (TPSA) is 29.3 Å². The lowest BCUT2D eigenvalue weighted by Crippen LogP contribution is -2.37. The van der Waals surface area contributed by atoms with Gasteiger partial charge in [-0.25, -0.2) is 0 Å². The Morgan fingerprint density at radius 2 is 1.90 bits per heavy atom. The van der Waals surface area contributed by atoms with Crippen molar-refractivity contribution < 1.29 is 0 Å². The summed E-state index contributed by atoms with van der Waals surface area (Å²) in [7, 11) is 2.16. The molecular weight excluding hydrogens is 268 g/mol. The van der Waals surface area contributed by atoms with Crippen LogP contribution in [0.5, 0.6) is 0 Å². The summed E-state index contributed by atoms with van der Waals surface area (Å²) in [5.74, 6) is 0. The van der Waals surface area contributed by atoms with E-state index in [1.54, 1.807) is 0 Å². The Morgan fingerprint density at radius 1 is 1.30 bits per heavy atom. The Labute approximate surface area is 128 Å². The monoisotopic (exact) mass is 294 g/mol. The molecule has 0 spiro atoms. The fourth-order valence-electron chi connectivity index (χ4n) is 3.06. The van der Waals surface area contributed by atoms with E-state index in [0.29, 0.717) is 11.5 Å². The maximum absolute atomic E-state index is 6.45. The number of benzene rings is 1. The summed E-state index contributed by atoms with van der Waals surface area (Å²) in [6.07, 6.45) is 5.07. The number of anilines is 1. The minimum Gasteiger partial charge on any atom is -0.370 e. The number of hydrogen-bond donors (Lipinski definition) is 1. The molecule has 0 saturated heterocycles. The van der Waals surface area contributed by atoms with E-state index in [0.717, 1.165) is 16.3 Å². The van der Waals surface area contributed by atoms with Gasteiger partial charge in [-0.1, -0.05) is 31.5 Å². The standard InChI is InChI=1S/C17H27ClN2/c1-12(19)13-5-6-16(15(18)11-13)20(4)14-7-9-17(2,3)10-8-14/h5-6,11-12,14H,7-10,19H2,1-4H3. The van der Waals surface area contributed by atoms with Crippen LogP contribution in [0.1, 0.15) is 58.1 Å². The molecule has 1 aromatic rings. The Hall–Kier alpha value is -0.730. The van der Waals surface area contributed by atoms with Crippen LogP contribution in [-0.2, 0) is 0 Å². The molecule has 0 radical (unpaired) electrons. The lowest BCUT2D eigenvalue weighted by atomic mass is 9.75. The van der Waals surface area contributed by atoms with Crippen LogP contribution in [0.2, 0.25) is 5.02 Å². The van der Waals surface area contributed by atoms with Gasteiger partial charge in [-0.05, 0) is 55.7 Å². The van der Waals surface area contributed by atoms with Gasteiger partial charge in [0.05, 0.1) is 10.7 Å². The van der Waals surface area contributed by atoms with Gasteiger partial charge in [-0.3, -0.25) is 0 Å². The van der Waals surface area contributed by atoms with Crippen molar-refractivity contribution in [2.24, 2.45) is 11.1 Å². The Balaban J connectivity index is 2.12. The smallest absolute Gasteiger partial charge is 0.0642 e. The highest BCUT2D eigenvalue weighted by molar-refractivity contribution is 6.33. The first kappa shape index (κ1) is 15.7. The van der Waals surface area contributed by atoms with Gasteiger partial charge >= 0.3 is 0 Å². The van der Waals surface area contributed by atoms with Crippen LogP contribution in [0.4, 0.5) is 5.69 Å². The van der Waals surface area contributed by atoms with Gasteiger partial charge < -0.3 is 10.6 Å². The summed E-state index contributed by atoms with van der Waals surface area (Å²) < 4.78 is 0. The lowest BCUT2D eigenvalue weighted by molar-refractivity contribution is 0.222.